The van der Waals surface area contributed by atoms with Gasteiger partial charge in [0, 0.05) is 12.8 Å². The number of phosphoric acid groups is 1. The number of allylic oxidation sites excluding steroid dienone is 3. The van der Waals surface area contributed by atoms with E-state index < -0.39 is 51.8 Å². The van der Waals surface area contributed by atoms with E-state index in [0.29, 0.717) is 25.0 Å². The second-order valence-corrected chi connectivity index (χ2v) is 16.2. The van der Waals surface area contributed by atoms with Gasteiger partial charge in [-0.05, 0) is 64.2 Å². The van der Waals surface area contributed by atoms with Crippen molar-refractivity contribution in [3.05, 3.63) is 24.3 Å². The predicted molar refractivity (Wildman–Crippen MR) is 214 cm³/mol. The van der Waals surface area contributed by atoms with Crippen LogP contribution in [0.25, 0.3) is 0 Å². The standard InChI is InChI=1S/C42H77O11P/c1-3-5-7-8-9-10-11-12-13-14-15-16-20-23-27-31-41(45)49-35-38(36-51-54(47,48)50-34-37(44)33-43)52-42(46)32-28-24-21-18-17-19-22-26-30-40-39(53-40)29-25-6-4-2/h12-13,22,26,37-40,43-44H,3-11,14-21,23-25,27-36H2,1-2H3,(H,47,48)/b13-12-,26-22-/t37-,38+,39?,40?/m0/s1. The fraction of sp³-hybridized carbons (Fsp3) is 0.857. The number of phosphoric ester groups is 1. The molecule has 0 aromatic heterocycles. The van der Waals surface area contributed by atoms with Crippen molar-refractivity contribution in [2.24, 2.45) is 0 Å². The van der Waals surface area contributed by atoms with Crippen molar-refractivity contribution in [3.63, 3.8) is 0 Å². The number of aliphatic hydroxyl groups is 2. The fourth-order valence-corrected chi connectivity index (χ4v) is 6.84. The number of ether oxygens (including phenoxy) is 3. The van der Waals surface area contributed by atoms with Crippen molar-refractivity contribution < 1.29 is 52.5 Å². The van der Waals surface area contributed by atoms with Crippen molar-refractivity contribution >= 4 is 19.8 Å². The Morgan fingerprint density at radius 1 is 0.648 bits per heavy atom. The molecule has 1 aliphatic rings. The minimum Gasteiger partial charge on any atom is -0.462 e. The Kier molecular flexibility index (Phi) is 32.4. The van der Waals surface area contributed by atoms with E-state index in [2.05, 4.69) is 42.7 Å². The summed E-state index contributed by atoms with van der Waals surface area (Å²) in [5.41, 5.74) is 0. The lowest BCUT2D eigenvalue weighted by Gasteiger charge is -2.20. The highest BCUT2D eigenvalue weighted by Gasteiger charge is 2.36. The van der Waals surface area contributed by atoms with Crippen molar-refractivity contribution in [3.8, 4) is 0 Å². The quantitative estimate of drug-likeness (QED) is 0.0179. The topological polar surface area (TPSA) is 161 Å². The number of aliphatic hydroxyl groups excluding tert-OH is 2. The molecule has 1 rings (SSSR count). The van der Waals surface area contributed by atoms with Crippen LogP contribution in [-0.4, -0.2) is 77.9 Å². The summed E-state index contributed by atoms with van der Waals surface area (Å²) < 4.78 is 38.4. The molecule has 1 heterocycles. The minimum absolute atomic E-state index is 0.163. The lowest BCUT2D eigenvalue weighted by molar-refractivity contribution is -0.161. The molecule has 0 bridgehead atoms. The van der Waals surface area contributed by atoms with Crippen molar-refractivity contribution in [2.75, 3.05) is 26.4 Å². The molecule has 3 unspecified atom stereocenters. The van der Waals surface area contributed by atoms with Gasteiger partial charge in [-0.1, -0.05) is 128 Å². The molecule has 0 spiro atoms. The number of unbranched alkanes of at least 4 members (excludes halogenated alkanes) is 18. The zero-order valence-corrected chi connectivity index (χ0v) is 34.8. The largest absolute Gasteiger partial charge is 0.472 e. The monoisotopic (exact) mass is 789 g/mol. The second kappa shape index (κ2) is 34.6. The third-order valence-electron chi connectivity index (χ3n) is 9.50. The van der Waals surface area contributed by atoms with Gasteiger partial charge >= 0.3 is 19.8 Å². The Labute approximate surface area is 327 Å². The molecular weight excluding hydrogens is 711 g/mol. The van der Waals surface area contributed by atoms with Gasteiger partial charge in [0.05, 0.1) is 32.0 Å². The number of esters is 2. The van der Waals surface area contributed by atoms with Crippen LogP contribution in [0.3, 0.4) is 0 Å². The molecule has 5 atom stereocenters. The molecule has 0 aromatic carbocycles. The van der Waals surface area contributed by atoms with E-state index in [9.17, 15) is 24.2 Å². The van der Waals surface area contributed by atoms with E-state index in [-0.39, 0.29) is 19.4 Å². The molecule has 3 N–H and O–H groups in total. The van der Waals surface area contributed by atoms with Crippen LogP contribution in [0, 0.1) is 0 Å². The summed E-state index contributed by atoms with van der Waals surface area (Å²) in [5, 5.41) is 18.3. The number of epoxide rings is 1. The smallest absolute Gasteiger partial charge is 0.462 e. The highest BCUT2D eigenvalue weighted by Crippen LogP contribution is 2.43. The Morgan fingerprint density at radius 2 is 1.15 bits per heavy atom. The molecule has 0 amide bonds. The van der Waals surface area contributed by atoms with Gasteiger partial charge in [0.25, 0.3) is 0 Å². The maximum atomic E-state index is 12.6. The van der Waals surface area contributed by atoms with E-state index in [1.807, 2.05) is 0 Å². The lowest BCUT2D eigenvalue weighted by atomic mass is 10.1. The lowest BCUT2D eigenvalue weighted by Crippen LogP contribution is -2.29. The summed E-state index contributed by atoms with van der Waals surface area (Å²) >= 11 is 0. The van der Waals surface area contributed by atoms with E-state index in [0.717, 1.165) is 77.0 Å². The molecule has 0 aliphatic carbocycles. The maximum absolute atomic E-state index is 12.6. The van der Waals surface area contributed by atoms with Crippen molar-refractivity contribution in [1.29, 1.82) is 0 Å². The summed E-state index contributed by atoms with van der Waals surface area (Å²) in [4.78, 5) is 35.0. The fourth-order valence-electron chi connectivity index (χ4n) is 6.05. The number of carbonyl (C=O) groups excluding carboxylic acids is 2. The molecule has 0 saturated carbocycles. The van der Waals surface area contributed by atoms with Crippen LogP contribution in [-0.2, 0) is 37.4 Å². The van der Waals surface area contributed by atoms with Crippen LogP contribution in [0.2, 0.25) is 0 Å². The van der Waals surface area contributed by atoms with Gasteiger partial charge in [0.15, 0.2) is 6.10 Å². The summed E-state index contributed by atoms with van der Waals surface area (Å²) in [6, 6.07) is 0. The SMILES string of the molecule is CCCCCCCC/C=C\CCCCCCCC(=O)OC[C@H](COP(=O)(O)OC[C@@H](O)CO)OC(=O)CCCCCCC/C=C\CC1OC1CCCCC. The second-order valence-electron chi connectivity index (χ2n) is 14.7. The maximum Gasteiger partial charge on any atom is 0.472 e. The molecule has 316 valence electrons. The van der Waals surface area contributed by atoms with Gasteiger partial charge in [-0.15, -0.1) is 0 Å². The number of hydrogen-bond donors (Lipinski definition) is 3. The summed E-state index contributed by atoms with van der Waals surface area (Å²) in [6.45, 7) is 2.31. The molecule has 1 fully saturated rings. The third kappa shape index (κ3) is 31.6. The van der Waals surface area contributed by atoms with Crippen LogP contribution >= 0.6 is 7.82 Å². The predicted octanol–water partition coefficient (Wildman–Crippen LogP) is 9.99. The third-order valence-corrected chi connectivity index (χ3v) is 10.5. The highest BCUT2D eigenvalue weighted by atomic mass is 31.2. The Morgan fingerprint density at radius 3 is 1.74 bits per heavy atom. The molecule has 12 heteroatoms. The molecule has 1 saturated heterocycles. The normalized spacial score (nSPS) is 17.9. The summed E-state index contributed by atoms with van der Waals surface area (Å²) in [5.74, 6) is -0.954. The van der Waals surface area contributed by atoms with Crippen LogP contribution in [0.4, 0.5) is 0 Å². The van der Waals surface area contributed by atoms with Gasteiger partial charge in [-0.3, -0.25) is 18.6 Å². The van der Waals surface area contributed by atoms with Gasteiger partial charge < -0.3 is 29.3 Å². The first-order valence-corrected chi connectivity index (χ1v) is 22.9. The number of hydrogen-bond acceptors (Lipinski definition) is 10. The molecule has 54 heavy (non-hydrogen) atoms. The zero-order chi connectivity index (χ0) is 39.5. The van der Waals surface area contributed by atoms with Crippen LogP contribution in [0.1, 0.15) is 181 Å². The van der Waals surface area contributed by atoms with E-state index in [1.54, 1.807) is 0 Å². The molecule has 1 aliphatic heterocycles. The highest BCUT2D eigenvalue weighted by molar-refractivity contribution is 7.47. The van der Waals surface area contributed by atoms with Gasteiger partial charge in [0.1, 0.15) is 12.7 Å². The zero-order valence-electron chi connectivity index (χ0n) is 33.9. The molecule has 0 radical (unpaired) electrons. The van der Waals surface area contributed by atoms with E-state index in [1.165, 1.54) is 64.2 Å². The molecule has 11 nitrogen and oxygen atoms in total. The average molecular weight is 789 g/mol. The van der Waals surface area contributed by atoms with Crippen molar-refractivity contribution in [1.82, 2.24) is 0 Å². The van der Waals surface area contributed by atoms with Crippen LogP contribution in [0.15, 0.2) is 24.3 Å². The molecular formula is C42H77O11P. The Hall–Kier alpha value is -1.59. The minimum atomic E-state index is -4.62. The van der Waals surface area contributed by atoms with E-state index in [4.69, 9.17) is 23.8 Å². The van der Waals surface area contributed by atoms with E-state index >= 15 is 0 Å². The van der Waals surface area contributed by atoms with Crippen LogP contribution in [0.5, 0.6) is 0 Å². The number of rotatable bonds is 39. The molecule has 0 aromatic rings. The van der Waals surface area contributed by atoms with Gasteiger partial charge in [-0.25, -0.2) is 4.57 Å². The Balaban J connectivity index is 2.26. The van der Waals surface area contributed by atoms with Gasteiger partial charge in [0.2, 0.25) is 0 Å². The first kappa shape index (κ1) is 50.4. The van der Waals surface area contributed by atoms with Crippen molar-refractivity contribution in [2.45, 2.75) is 205 Å². The summed E-state index contributed by atoms with van der Waals surface area (Å²) in [6.07, 6.45) is 34.5. The first-order chi connectivity index (χ1) is 26.2. The number of carbonyl (C=O) groups is 2. The van der Waals surface area contributed by atoms with Crippen LogP contribution < -0.4 is 0 Å². The Bertz CT molecular complexity index is 1020. The van der Waals surface area contributed by atoms with Gasteiger partial charge in [-0.2, -0.15) is 0 Å². The summed E-state index contributed by atoms with van der Waals surface area (Å²) in [7, 11) is -4.62. The average Bonchev–Trinajstić information content (AvgIpc) is 3.91. The first-order valence-electron chi connectivity index (χ1n) is 21.4.